The highest BCUT2D eigenvalue weighted by Gasteiger charge is 2.00. The molecule has 0 aromatic rings. The van der Waals surface area contributed by atoms with Gasteiger partial charge in [-0.25, -0.2) is 9.59 Å². The molecule has 5 nitrogen and oxygen atoms in total. The maximum Gasteiger partial charge on any atom is 0.346 e. The number of carbonyl (C=O) groups excluding carboxylic acids is 2. The van der Waals surface area contributed by atoms with Gasteiger partial charge in [-0.05, 0) is 0 Å². The second kappa shape index (κ2) is 4.75. The molecular weight excluding hydrogens is 140 g/mol. The molecule has 0 aliphatic carbocycles. The topological polar surface area (TPSA) is 61.8 Å². The van der Waals surface area contributed by atoms with E-state index in [4.69, 9.17) is 0 Å². The first-order valence-electron chi connectivity index (χ1n) is 2.71. The molecule has 0 unspecified atom stereocenters. The fourth-order valence-corrected chi connectivity index (χ4v) is 0.162. The van der Waals surface area contributed by atoms with Crippen molar-refractivity contribution in [2.75, 3.05) is 0 Å². The summed E-state index contributed by atoms with van der Waals surface area (Å²) in [5, 5.41) is 3.75. The number of carbonyl (C=O) groups is 2. The number of hydrogen-bond acceptors (Lipinski definition) is 5. The summed E-state index contributed by atoms with van der Waals surface area (Å²) in [5.41, 5.74) is 0. The third-order valence-corrected chi connectivity index (χ3v) is 0.567. The SMILES string of the molecule is CCC(=O)OOOC(C)=O. The van der Waals surface area contributed by atoms with Crippen LogP contribution in [-0.4, -0.2) is 11.9 Å². The van der Waals surface area contributed by atoms with E-state index in [9.17, 15) is 9.59 Å². The van der Waals surface area contributed by atoms with Crippen LogP contribution in [0.2, 0.25) is 0 Å². The van der Waals surface area contributed by atoms with Gasteiger partial charge in [-0.3, -0.25) is 9.78 Å². The molecule has 0 radical (unpaired) electrons. The van der Waals surface area contributed by atoms with Gasteiger partial charge in [-0.2, -0.15) is 0 Å². The maximum atomic E-state index is 10.3. The summed E-state index contributed by atoms with van der Waals surface area (Å²) < 4.78 is 0. The molecule has 0 saturated heterocycles. The summed E-state index contributed by atoms with van der Waals surface area (Å²) in [6.07, 6.45) is 0.168. The highest BCUT2D eigenvalue weighted by molar-refractivity contribution is 5.68. The van der Waals surface area contributed by atoms with Crippen LogP contribution in [0.25, 0.3) is 0 Å². The molecule has 0 bridgehead atoms. The van der Waals surface area contributed by atoms with E-state index in [2.05, 4.69) is 14.8 Å². The first-order valence-corrected chi connectivity index (χ1v) is 2.71. The van der Waals surface area contributed by atoms with Gasteiger partial charge < -0.3 is 0 Å². The van der Waals surface area contributed by atoms with E-state index in [0.29, 0.717) is 0 Å². The maximum absolute atomic E-state index is 10.3. The lowest BCUT2D eigenvalue weighted by Gasteiger charge is -1.96. The average Bonchev–Trinajstić information content (AvgIpc) is 1.87. The molecule has 0 aromatic heterocycles. The van der Waals surface area contributed by atoms with Crippen LogP contribution in [-0.2, 0) is 24.4 Å². The van der Waals surface area contributed by atoms with Crippen LogP contribution in [0, 0.1) is 0 Å². The van der Waals surface area contributed by atoms with Crippen molar-refractivity contribution in [2.45, 2.75) is 20.3 Å². The fraction of sp³-hybridized carbons (Fsp3) is 0.600. The van der Waals surface area contributed by atoms with Crippen LogP contribution in [0.15, 0.2) is 0 Å². The minimum atomic E-state index is -0.677. The highest BCUT2D eigenvalue weighted by Crippen LogP contribution is 1.87. The van der Waals surface area contributed by atoms with Gasteiger partial charge >= 0.3 is 11.9 Å². The molecule has 0 spiro atoms. The summed E-state index contributed by atoms with van der Waals surface area (Å²) in [6.45, 7) is 2.71. The Morgan fingerprint density at radius 2 is 1.90 bits per heavy atom. The van der Waals surface area contributed by atoms with Gasteiger partial charge in [-0.15, -0.1) is 0 Å². The van der Waals surface area contributed by atoms with E-state index < -0.39 is 11.9 Å². The molecule has 5 heteroatoms. The molecule has 0 atom stereocenters. The largest absolute Gasteiger partial charge is 0.346 e. The Kier molecular flexibility index (Phi) is 4.23. The molecule has 0 aromatic carbocycles. The van der Waals surface area contributed by atoms with E-state index >= 15 is 0 Å². The summed E-state index contributed by atoms with van der Waals surface area (Å²) in [6, 6.07) is 0. The zero-order valence-electron chi connectivity index (χ0n) is 5.75. The van der Waals surface area contributed by atoms with Crippen LogP contribution < -0.4 is 0 Å². The van der Waals surface area contributed by atoms with E-state index in [1.807, 2.05) is 0 Å². The Balaban J connectivity index is 3.20. The van der Waals surface area contributed by atoms with Gasteiger partial charge in [0, 0.05) is 18.4 Å². The molecule has 0 fully saturated rings. The number of hydrogen-bond donors (Lipinski definition) is 0. The molecule has 0 saturated carbocycles. The van der Waals surface area contributed by atoms with Gasteiger partial charge in [0.15, 0.2) is 0 Å². The molecular formula is C5H8O5. The first kappa shape index (κ1) is 8.90. The molecule has 0 aliphatic rings. The Morgan fingerprint density at radius 3 is 2.30 bits per heavy atom. The average molecular weight is 148 g/mol. The summed E-state index contributed by atoms with van der Waals surface area (Å²) >= 11 is 0. The van der Waals surface area contributed by atoms with Gasteiger partial charge in [0.05, 0.1) is 0 Å². The van der Waals surface area contributed by atoms with Gasteiger partial charge in [0.25, 0.3) is 0 Å². The van der Waals surface area contributed by atoms with Crippen LogP contribution in [0.1, 0.15) is 20.3 Å². The standard InChI is InChI=1S/C5H8O5/c1-3-5(7)9-10-8-4(2)6/h3H2,1-2H3. The Hall–Kier alpha value is -1.10. The third-order valence-electron chi connectivity index (χ3n) is 0.567. The van der Waals surface area contributed by atoms with Gasteiger partial charge in [0.2, 0.25) is 0 Å². The van der Waals surface area contributed by atoms with Gasteiger partial charge in [0.1, 0.15) is 0 Å². The summed E-state index contributed by atoms with van der Waals surface area (Å²) in [5.74, 6) is -1.27. The van der Waals surface area contributed by atoms with Crippen molar-refractivity contribution in [2.24, 2.45) is 0 Å². The lowest BCUT2D eigenvalue weighted by Crippen LogP contribution is -2.06. The minimum absolute atomic E-state index is 0.168. The van der Waals surface area contributed by atoms with E-state index in [0.717, 1.165) is 6.92 Å². The van der Waals surface area contributed by atoms with Crippen LogP contribution in [0.3, 0.4) is 0 Å². The lowest BCUT2D eigenvalue weighted by atomic mass is 10.5. The van der Waals surface area contributed by atoms with Crippen molar-refractivity contribution in [3.8, 4) is 0 Å². The van der Waals surface area contributed by atoms with Crippen LogP contribution in [0.4, 0.5) is 0 Å². The van der Waals surface area contributed by atoms with Crippen molar-refractivity contribution in [3.05, 3.63) is 0 Å². The fourth-order valence-electron chi connectivity index (χ4n) is 0.162. The monoisotopic (exact) mass is 148 g/mol. The third kappa shape index (κ3) is 5.04. The van der Waals surface area contributed by atoms with Gasteiger partial charge in [-0.1, -0.05) is 6.92 Å². The second-order valence-corrected chi connectivity index (χ2v) is 1.45. The van der Waals surface area contributed by atoms with E-state index in [-0.39, 0.29) is 6.42 Å². The first-order chi connectivity index (χ1) is 4.66. The quantitative estimate of drug-likeness (QED) is 0.426. The molecule has 0 amide bonds. The summed E-state index contributed by atoms with van der Waals surface area (Å²) in [4.78, 5) is 28.0. The Morgan fingerprint density at radius 1 is 1.30 bits per heavy atom. The minimum Gasteiger partial charge on any atom is -0.260 e. The summed E-state index contributed by atoms with van der Waals surface area (Å²) in [7, 11) is 0. The molecule has 58 valence electrons. The van der Waals surface area contributed by atoms with Crippen molar-refractivity contribution in [1.82, 2.24) is 0 Å². The predicted octanol–water partition coefficient (Wildman–Crippen LogP) is 0.349. The Labute approximate surface area is 57.7 Å². The normalized spacial score (nSPS) is 8.60. The molecule has 0 rings (SSSR count). The predicted molar refractivity (Wildman–Crippen MR) is 29.2 cm³/mol. The lowest BCUT2D eigenvalue weighted by molar-refractivity contribution is -0.458. The molecule has 0 N–H and O–H groups in total. The van der Waals surface area contributed by atoms with Crippen molar-refractivity contribution in [1.29, 1.82) is 0 Å². The van der Waals surface area contributed by atoms with Crippen molar-refractivity contribution in [3.63, 3.8) is 0 Å². The van der Waals surface area contributed by atoms with Crippen LogP contribution in [0.5, 0.6) is 0 Å². The van der Waals surface area contributed by atoms with Crippen LogP contribution >= 0.6 is 0 Å². The van der Waals surface area contributed by atoms with E-state index in [1.54, 1.807) is 6.92 Å². The second-order valence-electron chi connectivity index (χ2n) is 1.45. The molecule has 0 aliphatic heterocycles. The zero-order chi connectivity index (χ0) is 7.98. The van der Waals surface area contributed by atoms with Crippen molar-refractivity contribution < 1.29 is 24.4 Å². The van der Waals surface area contributed by atoms with Crippen molar-refractivity contribution >= 4 is 11.9 Å². The van der Waals surface area contributed by atoms with E-state index in [1.165, 1.54) is 0 Å². The highest BCUT2D eigenvalue weighted by atomic mass is 17.5. The molecule has 0 heterocycles. The zero-order valence-corrected chi connectivity index (χ0v) is 5.75. The smallest absolute Gasteiger partial charge is 0.260 e. The molecule has 10 heavy (non-hydrogen) atoms. The number of rotatable bonds is 3. The Bertz CT molecular complexity index is 130.